The summed E-state index contributed by atoms with van der Waals surface area (Å²) in [6.07, 6.45) is 4.47. The molecule has 0 saturated carbocycles. The number of thiophene rings is 1. The predicted molar refractivity (Wildman–Crippen MR) is 59.2 cm³/mol. The highest BCUT2D eigenvalue weighted by Gasteiger charge is 2.06. The van der Waals surface area contributed by atoms with Crippen LogP contribution in [-0.4, -0.2) is 4.98 Å². The van der Waals surface area contributed by atoms with Crippen LogP contribution in [0, 0.1) is 0 Å². The molecule has 0 aromatic carbocycles. The lowest BCUT2D eigenvalue weighted by Crippen LogP contribution is -2.12. The fourth-order valence-corrected chi connectivity index (χ4v) is 2.14. The number of hydrogen-bond acceptors (Lipinski definition) is 3. The summed E-state index contributed by atoms with van der Waals surface area (Å²) in [6, 6.07) is 8.19. The molecule has 72 valence electrons. The molecule has 0 spiro atoms. The number of pyridine rings is 1. The van der Waals surface area contributed by atoms with E-state index < -0.39 is 0 Å². The van der Waals surface area contributed by atoms with Crippen LogP contribution in [0.25, 0.3) is 0 Å². The normalized spacial score (nSPS) is 12.6. The number of hydrogen-bond donors (Lipinski definition) is 1. The van der Waals surface area contributed by atoms with Gasteiger partial charge in [-0.3, -0.25) is 4.98 Å². The van der Waals surface area contributed by atoms with Crippen molar-refractivity contribution in [2.45, 2.75) is 12.5 Å². The van der Waals surface area contributed by atoms with Crippen molar-refractivity contribution in [3.05, 3.63) is 52.5 Å². The van der Waals surface area contributed by atoms with Crippen LogP contribution in [0.3, 0.4) is 0 Å². The van der Waals surface area contributed by atoms with Crippen LogP contribution in [0.4, 0.5) is 0 Å². The van der Waals surface area contributed by atoms with Gasteiger partial charge in [0, 0.05) is 29.7 Å². The average molecular weight is 204 g/mol. The molecule has 0 fully saturated rings. The molecule has 0 amide bonds. The molecule has 2 aromatic rings. The lowest BCUT2D eigenvalue weighted by molar-refractivity contribution is 0.728. The Morgan fingerprint density at radius 1 is 1.29 bits per heavy atom. The number of rotatable bonds is 3. The maximum atomic E-state index is 6.07. The van der Waals surface area contributed by atoms with Crippen LogP contribution in [-0.2, 0) is 6.42 Å². The second-order valence-corrected chi connectivity index (χ2v) is 4.20. The highest BCUT2D eigenvalue weighted by atomic mass is 32.1. The monoisotopic (exact) mass is 204 g/mol. The summed E-state index contributed by atoms with van der Waals surface area (Å²) in [5.74, 6) is 0. The molecule has 2 heterocycles. The van der Waals surface area contributed by atoms with Crippen LogP contribution in [0.5, 0.6) is 0 Å². The number of nitrogens with two attached hydrogens (primary N) is 1. The van der Waals surface area contributed by atoms with Gasteiger partial charge in [-0.15, -0.1) is 11.3 Å². The second kappa shape index (κ2) is 4.35. The van der Waals surface area contributed by atoms with Crippen molar-refractivity contribution in [2.24, 2.45) is 5.73 Å². The van der Waals surface area contributed by atoms with Crippen LogP contribution in [0.2, 0.25) is 0 Å². The maximum Gasteiger partial charge on any atom is 0.0344 e. The molecule has 0 aliphatic rings. The van der Waals surface area contributed by atoms with E-state index >= 15 is 0 Å². The van der Waals surface area contributed by atoms with Gasteiger partial charge >= 0.3 is 0 Å². The molecule has 1 unspecified atom stereocenters. The smallest absolute Gasteiger partial charge is 0.0344 e. The third-order valence-electron chi connectivity index (χ3n) is 2.14. The van der Waals surface area contributed by atoms with Gasteiger partial charge in [0.1, 0.15) is 0 Å². The Hall–Kier alpha value is -1.19. The van der Waals surface area contributed by atoms with E-state index in [2.05, 4.69) is 22.5 Å². The maximum absolute atomic E-state index is 6.07. The summed E-state index contributed by atoms with van der Waals surface area (Å²) < 4.78 is 0. The minimum Gasteiger partial charge on any atom is -0.324 e. The van der Waals surface area contributed by atoms with Crippen molar-refractivity contribution in [2.75, 3.05) is 0 Å². The van der Waals surface area contributed by atoms with E-state index in [1.807, 2.05) is 12.1 Å². The van der Waals surface area contributed by atoms with Crippen LogP contribution < -0.4 is 5.73 Å². The summed E-state index contributed by atoms with van der Waals surface area (Å²) in [4.78, 5) is 5.30. The first-order valence-electron chi connectivity index (χ1n) is 4.54. The Labute approximate surface area is 87.4 Å². The third kappa shape index (κ3) is 2.19. The van der Waals surface area contributed by atoms with E-state index in [0.717, 1.165) is 12.0 Å². The third-order valence-corrected chi connectivity index (χ3v) is 3.03. The standard InChI is InChI=1S/C11H12N2S/c12-11(8-10-2-1-7-14-10)9-3-5-13-6-4-9/h1-7,11H,8,12H2. The molecule has 1 atom stereocenters. The van der Waals surface area contributed by atoms with E-state index in [4.69, 9.17) is 5.73 Å². The molecule has 0 saturated heterocycles. The second-order valence-electron chi connectivity index (χ2n) is 3.17. The van der Waals surface area contributed by atoms with Gasteiger partial charge < -0.3 is 5.73 Å². The van der Waals surface area contributed by atoms with Crippen molar-refractivity contribution < 1.29 is 0 Å². The van der Waals surface area contributed by atoms with Gasteiger partial charge in [0.05, 0.1) is 0 Å². The van der Waals surface area contributed by atoms with Gasteiger partial charge in [0.15, 0.2) is 0 Å². The summed E-state index contributed by atoms with van der Waals surface area (Å²) in [6.45, 7) is 0. The van der Waals surface area contributed by atoms with Gasteiger partial charge in [-0.2, -0.15) is 0 Å². The molecule has 2 rings (SSSR count). The van der Waals surface area contributed by atoms with Crippen molar-refractivity contribution >= 4 is 11.3 Å². The van der Waals surface area contributed by atoms with E-state index in [1.165, 1.54) is 4.88 Å². The van der Waals surface area contributed by atoms with E-state index in [1.54, 1.807) is 23.7 Å². The van der Waals surface area contributed by atoms with Crippen molar-refractivity contribution in [1.82, 2.24) is 4.98 Å². The highest BCUT2D eigenvalue weighted by molar-refractivity contribution is 7.09. The van der Waals surface area contributed by atoms with E-state index in [9.17, 15) is 0 Å². The van der Waals surface area contributed by atoms with Gasteiger partial charge in [0.2, 0.25) is 0 Å². The molecular weight excluding hydrogens is 192 g/mol. The van der Waals surface area contributed by atoms with Crippen LogP contribution >= 0.6 is 11.3 Å². The largest absolute Gasteiger partial charge is 0.324 e. The quantitative estimate of drug-likeness (QED) is 0.833. The van der Waals surface area contributed by atoms with Gasteiger partial charge in [-0.1, -0.05) is 6.07 Å². The minimum absolute atomic E-state index is 0.0802. The van der Waals surface area contributed by atoms with Crippen LogP contribution in [0.1, 0.15) is 16.5 Å². The molecule has 2 nitrogen and oxygen atoms in total. The Bertz CT molecular complexity index is 369. The lowest BCUT2D eigenvalue weighted by Gasteiger charge is -2.09. The molecule has 0 aliphatic carbocycles. The topological polar surface area (TPSA) is 38.9 Å². The zero-order valence-electron chi connectivity index (χ0n) is 7.76. The lowest BCUT2D eigenvalue weighted by atomic mass is 10.1. The Morgan fingerprint density at radius 3 is 2.71 bits per heavy atom. The first kappa shape index (κ1) is 9.37. The highest BCUT2D eigenvalue weighted by Crippen LogP contribution is 2.18. The molecule has 0 bridgehead atoms. The fourth-order valence-electron chi connectivity index (χ4n) is 1.37. The zero-order valence-corrected chi connectivity index (χ0v) is 8.58. The van der Waals surface area contributed by atoms with Crippen molar-refractivity contribution in [1.29, 1.82) is 0 Å². The summed E-state index contributed by atoms with van der Waals surface area (Å²) >= 11 is 1.75. The van der Waals surface area contributed by atoms with Gasteiger partial charge in [0.25, 0.3) is 0 Å². The SMILES string of the molecule is NC(Cc1cccs1)c1ccncc1. The first-order chi connectivity index (χ1) is 6.86. The van der Waals surface area contributed by atoms with E-state index in [0.29, 0.717) is 0 Å². The number of aromatic nitrogens is 1. The molecule has 0 aliphatic heterocycles. The predicted octanol–water partition coefficient (Wildman–Crippen LogP) is 2.39. The molecule has 14 heavy (non-hydrogen) atoms. The minimum atomic E-state index is 0.0802. The summed E-state index contributed by atoms with van der Waals surface area (Å²) in [5, 5.41) is 2.08. The first-order valence-corrected chi connectivity index (χ1v) is 5.42. The molecular formula is C11H12N2S. The molecule has 2 N–H and O–H groups in total. The molecule has 0 radical (unpaired) electrons. The zero-order chi connectivity index (χ0) is 9.80. The van der Waals surface area contributed by atoms with Crippen molar-refractivity contribution in [3.8, 4) is 0 Å². The van der Waals surface area contributed by atoms with Crippen LogP contribution in [0.15, 0.2) is 42.0 Å². The van der Waals surface area contributed by atoms with E-state index in [-0.39, 0.29) is 6.04 Å². The fraction of sp³-hybridized carbons (Fsp3) is 0.182. The Morgan fingerprint density at radius 2 is 2.07 bits per heavy atom. The molecule has 2 aromatic heterocycles. The Kier molecular flexibility index (Phi) is 2.91. The van der Waals surface area contributed by atoms with Gasteiger partial charge in [-0.05, 0) is 29.1 Å². The van der Waals surface area contributed by atoms with Gasteiger partial charge in [-0.25, -0.2) is 0 Å². The summed E-state index contributed by atoms with van der Waals surface area (Å²) in [7, 11) is 0. The number of nitrogens with zero attached hydrogens (tertiary/aromatic N) is 1. The average Bonchev–Trinajstić information content (AvgIpc) is 2.72. The Balaban J connectivity index is 2.07. The van der Waals surface area contributed by atoms with Crippen molar-refractivity contribution in [3.63, 3.8) is 0 Å². The molecule has 3 heteroatoms. The summed E-state index contributed by atoms with van der Waals surface area (Å²) in [5.41, 5.74) is 7.21.